The topological polar surface area (TPSA) is 54.9 Å². The molecule has 0 spiro atoms. The second-order valence-electron chi connectivity index (χ2n) is 5.09. The van der Waals surface area contributed by atoms with Crippen molar-refractivity contribution in [1.29, 1.82) is 0 Å². The van der Waals surface area contributed by atoms with Crippen LogP contribution < -0.4 is 5.32 Å². The Morgan fingerprint density at radius 2 is 1.86 bits per heavy atom. The van der Waals surface area contributed by atoms with E-state index in [9.17, 15) is 4.79 Å². The summed E-state index contributed by atoms with van der Waals surface area (Å²) < 4.78 is 0. The van der Waals surface area contributed by atoms with Crippen LogP contribution >= 0.6 is 11.8 Å². The molecule has 0 aliphatic rings. The van der Waals surface area contributed by atoms with Gasteiger partial charge in [0.2, 0.25) is 0 Å². The Balaban J connectivity index is 2.18. The van der Waals surface area contributed by atoms with Crippen LogP contribution in [0, 0.1) is 6.92 Å². The number of rotatable bonds is 4. The van der Waals surface area contributed by atoms with Crippen LogP contribution in [-0.2, 0) is 0 Å². The summed E-state index contributed by atoms with van der Waals surface area (Å²) in [5.41, 5.74) is 1.47. The predicted octanol–water partition coefficient (Wildman–Crippen LogP) is 3.88. The molecule has 0 unspecified atom stereocenters. The Bertz CT molecular complexity index is 638. The molecule has 2 aromatic rings. The maximum Gasteiger partial charge on any atom is 0.256 e. The number of carbonyl (C=O) groups excluding carboxylic acids is 1. The Labute approximate surface area is 129 Å². The van der Waals surface area contributed by atoms with Gasteiger partial charge in [-0.3, -0.25) is 4.79 Å². The lowest BCUT2D eigenvalue weighted by Crippen LogP contribution is -2.14. The second-order valence-corrected chi connectivity index (χ2v) is 5.97. The summed E-state index contributed by atoms with van der Waals surface area (Å²) in [7, 11) is 0. The lowest BCUT2D eigenvalue weighted by Gasteiger charge is -2.09. The van der Waals surface area contributed by atoms with Gasteiger partial charge in [-0.2, -0.15) is 0 Å². The maximum atomic E-state index is 12.2. The van der Waals surface area contributed by atoms with Gasteiger partial charge in [-0.1, -0.05) is 13.8 Å². The molecular weight excluding hydrogens is 282 g/mol. The van der Waals surface area contributed by atoms with E-state index >= 15 is 0 Å². The predicted molar refractivity (Wildman–Crippen MR) is 87.0 cm³/mol. The Morgan fingerprint density at radius 3 is 2.43 bits per heavy atom. The number of thioether (sulfide) groups is 1. The molecule has 0 aliphatic heterocycles. The average Bonchev–Trinajstić information content (AvgIpc) is 2.46. The zero-order valence-corrected chi connectivity index (χ0v) is 13.5. The second kappa shape index (κ2) is 6.72. The van der Waals surface area contributed by atoms with Gasteiger partial charge in [-0.25, -0.2) is 9.97 Å². The van der Waals surface area contributed by atoms with Gasteiger partial charge in [0.1, 0.15) is 11.6 Å². The summed E-state index contributed by atoms with van der Waals surface area (Å²) in [6.07, 6.45) is 2.01. The minimum Gasteiger partial charge on any atom is -0.306 e. The van der Waals surface area contributed by atoms with Crippen LogP contribution in [0.1, 0.15) is 41.6 Å². The molecular formula is C16H19N3OS. The minimum absolute atomic E-state index is 0.157. The lowest BCUT2D eigenvalue weighted by atomic mass is 10.2. The number of amides is 1. The number of carbonyl (C=O) groups is 1. The van der Waals surface area contributed by atoms with Gasteiger partial charge in [0, 0.05) is 28.1 Å². The highest BCUT2D eigenvalue weighted by atomic mass is 32.2. The van der Waals surface area contributed by atoms with Gasteiger partial charge < -0.3 is 5.32 Å². The zero-order chi connectivity index (χ0) is 15.4. The van der Waals surface area contributed by atoms with Crippen LogP contribution in [0.4, 0.5) is 5.82 Å². The van der Waals surface area contributed by atoms with E-state index in [1.807, 2.05) is 51.3 Å². The zero-order valence-electron chi connectivity index (χ0n) is 12.7. The first kappa shape index (κ1) is 15.5. The van der Waals surface area contributed by atoms with Crippen molar-refractivity contribution in [3.8, 4) is 0 Å². The van der Waals surface area contributed by atoms with Gasteiger partial charge in [-0.05, 0) is 37.4 Å². The molecule has 1 aromatic heterocycles. The number of benzene rings is 1. The van der Waals surface area contributed by atoms with E-state index in [1.54, 1.807) is 17.8 Å². The molecule has 110 valence electrons. The van der Waals surface area contributed by atoms with E-state index in [0.29, 0.717) is 11.4 Å². The lowest BCUT2D eigenvalue weighted by molar-refractivity contribution is 0.102. The van der Waals surface area contributed by atoms with Gasteiger partial charge >= 0.3 is 0 Å². The Morgan fingerprint density at radius 1 is 1.19 bits per heavy atom. The third-order valence-electron chi connectivity index (χ3n) is 2.98. The fourth-order valence-electron chi connectivity index (χ4n) is 1.84. The molecule has 5 heteroatoms. The van der Waals surface area contributed by atoms with E-state index < -0.39 is 0 Å². The van der Waals surface area contributed by atoms with Crippen LogP contribution in [0.15, 0.2) is 35.2 Å². The fraction of sp³-hybridized carbons (Fsp3) is 0.312. The van der Waals surface area contributed by atoms with Crippen molar-refractivity contribution in [2.75, 3.05) is 11.6 Å². The summed E-state index contributed by atoms with van der Waals surface area (Å²) >= 11 is 1.65. The molecule has 1 amide bonds. The molecule has 0 radical (unpaired) electrons. The van der Waals surface area contributed by atoms with Gasteiger partial charge in [0.25, 0.3) is 5.91 Å². The molecule has 1 heterocycles. The van der Waals surface area contributed by atoms with E-state index in [0.717, 1.165) is 16.4 Å². The number of aryl methyl sites for hydroxylation is 1. The molecule has 21 heavy (non-hydrogen) atoms. The van der Waals surface area contributed by atoms with Crippen molar-refractivity contribution in [2.45, 2.75) is 31.6 Å². The van der Waals surface area contributed by atoms with Crippen molar-refractivity contribution < 1.29 is 4.79 Å². The first-order valence-electron chi connectivity index (χ1n) is 6.80. The molecule has 4 nitrogen and oxygen atoms in total. The van der Waals surface area contributed by atoms with Gasteiger partial charge in [-0.15, -0.1) is 11.8 Å². The number of anilines is 1. The quantitative estimate of drug-likeness (QED) is 0.871. The van der Waals surface area contributed by atoms with Crippen molar-refractivity contribution in [3.63, 3.8) is 0 Å². The average molecular weight is 301 g/mol. The molecule has 0 atom stereocenters. The summed E-state index contributed by atoms with van der Waals surface area (Å²) in [5.74, 6) is 1.35. The van der Waals surface area contributed by atoms with Crippen molar-refractivity contribution in [2.24, 2.45) is 0 Å². The van der Waals surface area contributed by atoms with Crippen LogP contribution in [0.3, 0.4) is 0 Å². The molecule has 0 saturated carbocycles. The van der Waals surface area contributed by atoms with Crippen molar-refractivity contribution >= 4 is 23.5 Å². The highest BCUT2D eigenvalue weighted by Gasteiger charge is 2.10. The van der Waals surface area contributed by atoms with E-state index in [-0.39, 0.29) is 11.8 Å². The van der Waals surface area contributed by atoms with E-state index in [4.69, 9.17) is 0 Å². The number of nitrogens with one attached hydrogen (secondary N) is 1. The standard InChI is InChI=1S/C16H19N3OS/c1-10(2)15-17-11(3)9-14(18-15)19-16(20)12-5-7-13(21-4)8-6-12/h5-10H,1-4H3,(H,17,18,19,20). The number of nitrogens with zero attached hydrogens (tertiary/aromatic N) is 2. The van der Waals surface area contributed by atoms with Crippen molar-refractivity contribution in [1.82, 2.24) is 9.97 Å². The van der Waals surface area contributed by atoms with E-state index in [2.05, 4.69) is 15.3 Å². The first-order valence-corrected chi connectivity index (χ1v) is 8.03. The third-order valence-corrected chi connectivity index (χ3v) is 3.73. The summed E-state index contributed by atoms with van der Waals surface area (Å²) in [6, 6.07) is 9.28. The van der Waals surface area contributed by atoms with E-state index in [1.165, 1.54) is 0 Å². The van der Waals surface area contributed by atoms with Gasteiger partial charge in [0.15, 0.2) is 0 Å². The number of aromatic nitrogens is 2. The van der Waals surface area contributed by atoms with Crippen LogP contribution in [0.25, 0.3) is 0 Å². The molecule has 0 saturated heterocycles. The first-order chi connectivity index (χ1) is 9.99. The molecule has 2 rings (SSSR count). The van der Waals surface area contributed by atoms with Crippen LogP contribution in [0.2, 0.25) is 0 Å². The van der Waals surface area contributed by atoms with Crippen LogP contribution in [0.5, 0.6) is 0 Å². The SMILES string of the molecule is CSc1ccc(C(=O)Nc2cc(C)nc(C(C)C)n2)cc1. The fourth-order valence-corrected chi connectivity index (χ4v) is 2.25. The summed E-state index contributed by atoms with van der Waals surface area (Å²) in [4.78, 5) is 22.1. The molecule has 0 aliphatic carbocycles. The summed E-state index contributed by atoms with van der Waals surface area (Å²) in [6.45, 7) is 5.96. The monoisotopic (exact) mass is 301 g/mol. The molecule has 1 aromatic carbocycles. The number of hydrogen-bond acceptors (Lipinski definition) is 4. The Kier molecular flexibility index (Phi) is 4.96. The Hall–Kier alpha value is -1.88. The normalized spacial score (nSPS) is 10.7. The summed E-state index contributed by atoms with van der Waals surface area (Å²) in [5, 5.41) is 2.83. The minimum atomic E-state index is -0.157. The number of hydrogen-bond donors (Lipinski definition) is 1. The van der Waals surface area contributed by atoms with Crippen molar-refractivity contribution in [3.05, 3.63) is 47.4 Å². The van der Waals surface area contributed by atoms with Gasteiger partial charge in [0.05, 0.1) is 0 Å². The smallest absolute Gasteiger partial charge is 0.256 e. The third kappa shape index (κ3) is 4.04. The highest BCUT2D eigenvalue weighted by Crippen LogP contribution is 2.17. The maximum absolute atomic E-state index is 12.2. The largest absolute Gasteiger partial charge is 0.306 e. The highest BCUT2D eigenvalue weighted by molar-refractivity contribution is 7.98. The van der Waals surface area contributed by atoms with Crippen LogP contribution in [-0.4, -0.2) is 22.1 Å². The molecule has 0 fully saturated rings. The molecule has 0 bridgehead atoms. The molecule has 1 N–H and O–H groups in total.